The molecule has 1 atom stereocenters. The molecule has 2 amide bonds. The average molecular weight is 334 g/mol. The first-order valence-corrected chi connectivity index (χ1v) is 8.20. The molecule has 1 aliphatic rings. The molecule has 24 heavy (non-hydrogen) atoms. The van der Waals surface area contributed by atoms with Gasteiger partial charge in [0.25, 0.3) is 11.7 Å². The van der Waals surface area contributed by atoms with E-state index in [4.69, 9.17) is 9.47 Å². The van der Waals surface area contributed by atoms with Crippen molar-refractivity contribution in [2.24, 2.45) is 5.41 Å². The molecule has 0 bridgehead atoms. The number of carbonyl (C=O) groups is 2. The monoisotopic (exact) mass is 334 g/mol. The fourth-order valence-electron chi connectivity index (χ4n) is 2.32. The topological polar surface area (TPSA) is 76.7 Å². The Bertz CT molecular complexity index is 664. The molecule has 0 fully saturated rings. The second-order valence-electron chi connectivity index (χ2n) is 7.15. The van der Waals surface area contributed by atoms with Crippen LogP contribution in [0.2, 0.25) is 0 Å². The van der Waals surface area contributed by atoms with Gasteiger partial charge in [0.2, 0.25) is 5.91 Å². The molecule has 0 aliphatic carbocycles. The Balaban J connectivity index is 2.50. The van der Waals surface area contributed by atoms with E-state index in [0.717, 1.165) is 6.42 Å². The van der Waals surface area contributed by atoms with Crippen LogP contribution in [0, 0.1) is 5.41 Å². The second-order valence-corrected chi connectivity index (χ2v) is 7.15. The molecule has 132 valence electrons. The van der Waals surface area contributed by atoms with Gasteiger partial charge in [-0.05, 0) is 18.6 Å². The van der Waals surface area contributed by atoms with E-state index in [1.54, 1.807) is 12.1 Å². The van der Waals surface area contributed by atoms with E-state index < -0.39 is 5.79 Å². The standard InChI is InChI=1S/C18H26N2O4/c1-7-10-19-16(22)14-12(20-11(2)21)8-9-13-15(14)24-18(6,23-13)17(3,4)5/h8-9H,7,10H2,1-6H3,(H,19,22)(H,20,21). The highest BCUT2D eigenvalue weighted by Crippen LogP contribution is 2.49. The van der Waals surface area contributed by atoms with E-state index in [-0.39, 0.29) is 17.2 Å². The van der Waals surface area contributed by atoms with E-state index in [1.165, 1.54) is 6.92 Å². The lowest BCUT2D eigenvalue weighted by molar-refractivity contribution is -0.142. The first-order chi connectivity index (χ1) is 11.1. The van der Waals surface area contributed by atoms with Gasteiger partial charge in [-0.15, -0.1) is 0 Å². The minimum absolute atomic E-state index is 0.253. The Hall–Kier alpha value is -2.24. The quantitative estimate of drug-likeness (QED) is 0.885. The maximum atomic E-state index is 12.6. The molecule has 0 aromatic heterocycles. The number of amides is 2. The largest absolute Gasteiger partial charge is 0.448 e. The van der Waals surface area contributed by atoms with Gasteiger partial charge < -0.3 is 20.1 Å². The van der Waals surface area contributed by atoms with Crippen molar-refractivity contribution in [3.05, 3.63) is 17.7 Å². The molecule has 2 N–H and O–H groups in total. The third kappa shape index (κ3) is 3.32. The van der Waals surface area contributed by atoms with Crippen LogP contribution in [-0.2, 0) is 4.79 Å². The summed E-state index contributed by atoms with van der Waals surface area (Å²) in [5.41, 5.74) is 0.401. The first kappa shape index (κ1) is 18.1. The summed E-state index contributed by atoms with van der Waals surface area (Å²) in [4.78, 5) is 24.1. The van der Waals surface area contributed by atoms with Crippen molar-refractivity contribution in [3.63, 3.8) is 0 Å². The van der Waals surface area contributed by atoms with Gasteiger partial charge >= 0.3 is 0 Å². The summed E-state index contributed by atoms with van der Waals surface area (Å²) < 4.78 is 12.1. The van der Waals surface area contributed by atoms with Crippen molar-refractivity contribution in [1.29, 1.82) is 0 Å². The van der Waals surface area contributed by atoms with Crippen molar-refractivity contribution in [2.45, 2.75) is 53.8 Å². The van der Waals surface area contributed by atoms with E-state index in [9.17, 15) is 9.59 Å². The number of hydrogen-bond donors (Lipinski definition) is 2. The number of rotatable bonds is 4. The predicted molar refractivity (Wildman–Crippen MR) is 92.5 cm³/mol. The fourth-order valence-corrected chi connectivity index (χ4v) is 2.32. The third-order valence-electron chi connectivity index (χ3n) is 4.16. The van der Waals surface area contributed by atoms with Gasteiger partial charge in [0.15, 0.2) is 11.5 Å². The van der Waals surface area contributed by atoms with Crippen LogP contribution in [0.15, 0.2) is 12.1 Å². The molecule has 1 aliphatic heterocycles. The van der Waals surface area contributed by atoms with Crippen molar-refractivity contribution in [3.8, 4) is 11.5 Å². The number of benzene rings is 1. The average Bonchev–Trinajstić information content (AvgIpc) is 2.81. The Morgan fingerprint density at radius 2 is 1.88 bits per heavy atom. The SMILES string of the molecule is CCCNC(=O)c1c(NC(C)=O)ccc2c1OC(C)(C(C)(C)C)O2. The molecule has 0 saturated heterocycles. The number of nitrogens with one attached hydrogen (secondary N) is 2. The van der Waals surface area contributed by atoms with Gasteiger partial charge in [0.05, 0.1) is 5.69 Å². The normalized spacial score (nSPS) is 19.1. The van der Waals surface area contributed by atoms with Crippen LogP contribution in [0.3, 0.4) is 0 Å². The third-order valence-corrected chi connectivity index (χ3v) is 4.16. The van der Waals surface area contributed by atoms with Gasteiger partial charge in [0, 0.05) is 25.8 Å². The molecule has 1 aromatic rings. The maximum Gasteiger partial charge on any atom is 0.257 e. The van der Waals surface area contributed by atoms with Crippen molar-refractivity contribution < 1.29 is 19.1 Å². The van der Waals surface area contributed by atoms with Gasteiger partial charge in [-0.1, -0.05) is 27.7 Å². The molecule has 6 nitrogen and oxygen atoms in total. The lowest BCUT2D eigenvalue weighted by Crippen LogP contribution is -2.47. The second kappa shape index (κ2) is 6.34. The van der Waals surface area contributed by atoms with Crippen LogP contribution in [0.4, 0.5) is 5.69 Å². The molecular weight excluding hydrogens is 308 g/mol. The lowest BCUT2D eigenvalue weighted by Gasteiger charge is -2.35. The highest BCUT2D eigenvalue weighted by atomic mass is 16.7. The van der Waals surface area contributed by atoms with Crippen LogP contribution < -0.4 is 20.1 Å². The molecule has 0 radical (unpaired) electrons. The molecule has 6 heteroatoms. The van der Waals surface area contributed by atoms with Crippen molar-refractivity contribution in [2.75, 3.05) is 11.9 Å². The van der Waals surface area contributed by atoms with Gasteiger partial charge in [-0.25, -0.2) is 0 Å². The Kier molecular flexibility index (Phi) is 4.78. The van der Waals surface area contributed by atoms with E-state index in [2.05, 4.69) is 10.6 Å². The fraction of sp³-hybridized carbons (Fsp3) is 0.556. The minimum Gasteiger partial charge on any atom is -0.448 e. The smallest absolute Gasteiger partial charge is 0.257 e. The summed E-state index contributed by atoms with van der Waals surface area (Å²) >= 11 is 0. The molecule has 2 rings (SSSR count). The zero-order valence-corrected chi connectivity index (χ0v) is 15.2. The highest BCUT2D eigenvalue weighted by molar-refractivity contribution is 6.06. The zero-order valence-electron chi connectivity index (χ0n) is 15.2. The molecule has 0 spiro atoms. The summed E-state index contributed by atoms with van der Waals surface area (Å²) in [5, 5.41) is 5.52. The van der Waals surface area contributed by atoms with Gasteiger partial charge in [-0.3, -0.25) is 9.59 Å². The molecular formula is C18H26N2O4. The number of hydrogen-bond acceptors (Lipinski definition) is 4. The molecule has 0 saturated carbocycles. The Morgan fingerprint density at radius 1 is 1.21 bits per heavy atom. The first-order valence-electron chi connectivity index (χ1n) is 8.20. The van der Waals surface area contributed by atoms with Crippen LogP contribution in [0.1, 0.15) is 58.3 Å². The Labute approximate surface area is 142 Å². The highest BCUT2D eigenvalue weighted by Gasteiger charge is 2.48. The van der Waals surface area contributed by atoms with Crippen LogP contribution >= 0.6 is 0 Å². The van der Waals surface area contributed by atoms with E-state index >= 15 is 0 Å². The number of anilines is 1. The van der Waals surface area contributed by atoms with Crippen molar-refractivity contribution >= 4 is 17.5 Å². The summed E-state index contributed by atoms with van der Waals surface area (Å²) in [6, 6.07) is 3.38. The summed E-state index contributed by atoms with van der Waals surface area (Å²) in [7, 11) is 0. The Morgan fingerprint density at radius 3 is 2.42 bits per heavy atom. The van der Waals surface area contributed by atoms with Gasteiger partial charge in [-0.2, -0.15) is 0 Å². The number of ether oxygens (including phenoxy) is 2. The lowest BCUT2D eigenvalue weighted by atomic mass is 9.87. The summed E-state index contributed by atoms with van der Waals surface area (Å²) in [5.74, 6) is -0.573. The van der Waals surface area contributed by atoms with Crippen molar-refractivity contribution in [1.82, 2.24) is 5.32 Å². The molecule has 1 heterocycles. The maximum absolute atomic E-state index is 12.6. The molecule has 1 unspecified atom stereocenters. The van der Waals surface area contributed by atoms with Gasteiger partial charge in [0.1, 0.15) is 5.56 Å². The molecule has 1 aromatic carbocycles. The predicted octanol–water partition coefficient (Wildman–Crippen LogP) is 3.32. The minimum atomic E-state index is -0.899. The zero-order chi connectivity index (χ0) is 18.1. The van der Waals surface area contributed by atoms with Crippen LogP contribution in [0.5, 0.6) is 11.5 Å². The van der Waals surface area contributed by atoms with E-state index in [1.807, 2.05) is 34.6 Å². The van der Waals surface area contributed by atoms with Crippen LogP contribution in [-0.4, -0.2) is 24.1 Å². The van der Waals surface area contributed by atoms with E-state index in [0.29, 0.717) is 29.3 Å². The summed E-state index contributed by atoms with van der Waals surface area (Å²) in [6.07, 6.45) is 0.813. The number of carbonyl (C=O) groups excluding carboxylic acids is 2. The van der Waals surface area contributed by atoms with Crippen LogP contribution in [0.25, 0.3) is 0 Å². The number of fused-ring (bicyclic) bond motifs is 1. The summed E-state index contributed by atoms with van der Waals surface area (Å²) in [6.45, 7) is 11.8.